The Morgan fingerprint density at radius 3 is 2.55 bits per heavy atom. The van der Waals surface area contributed by atoms with E-state index < -0.39 is 17.6 Å². The monoisotopic (exact) mass is 317 g/mol. The first-order valence-electron chi connectivity index (χ1n) is 6.89. The highest BCUT2D eigenvalue weighted by molar-refractivity contribution is 5.92. The molecule has 1 aromatic carbocycles. The van der Waals surface area contributed by atoms with Crippen LogP contribution in [0.5, 0.6) is 5.75 Å². The van der Waals surface area contributed by atoms with Crippen LogP contribution in [0.2, 0.25) is 0 Å². The highest BCUT2D eigenvalue weighted by Crippen LogP contribution is 2.41. The molecule has 1 aromatic rings. The molecule has 1 atom stereocenters. The van der Waals surface area contributed by atoms with E-state index in [1.807, 2.05) is 0 Å². The maximum absolute atomic E-state index is 13.0. The molecule has 1 heterocycles. The Balaban J connectivity index is 2.44. The number of carbonyl (C=O) groups excluding carboxylic acids is 1. The van der Waals surface area contributed by atoms with E-state index in [2.05, 4.69) is 16.0 Å². The molecule has 0 spiro atoms. The summed E-state index contributed by atoms with van der Waals surface area (Å²) >= 11 is 0. The minimum absolute atomic E-state index is 0.0126. The smallest absolute Gasteiger partial charge is 0.416 e. The molecule has 5 nitrogen and oxygen atoms in total. The van der Waals surface area contributed by atoms with Gasteiger partial charge in [0.1, 0.15) is 6.10 Å². The molecule has 0 bridgehead atoms. The molecular weight excluding hydrogens is 299 g/mol. The van der Waals surface area contributed by atoms with Crippen LogP contribution in [-0.4, -0.2) is 32.1 Å². The zero-order valence-electron chi connectivity index (χ0n) is 12.3. The number of amides is 1. The lowest BCUT2D eigenvalue weighted by atomic mass is 10.1. The van der Waals surface area contributed by atoms with Crippen LogP contribution in [0.1, 0.15) is 18.9 Å². The maximum Gasteiger partial charge on any atom is 0.416 e. The fourth-order valence-corrected chi connectivity index (χ4v) is 2.28. The molecule has 1 aliphatic heterocycles. The van der Waals surface area contributed by atoms with Gasteiger partial charge in [0.15, 0.2) is 5.75 Å². The number of nitrogens with one attached hydrogen (secondary N) is 3. The fraction of sp³-hybridized carbons (Fsp3) is 0.500. The molecule has 0 radical (unpaired) electrons. The van der Waals surface area contributed by atoms with Crippen molar-refractivity contribution in [2.75, 3.05) is 30.8 Å². The van der Waals surface area contributed by atoms with Crippen molar-refractivity contribution in [3.8, 4) is 5.75 Å². The van der Waals surface area contributed by atoms with Gasteiger partial charge in [-0.1, -0.05) is 0 Å². The van der Waals surface area contributed by atoms with Crippen LogP contribution in [0.25, 0.3) is 0 Å². The van der Waals surface area contributed by atoms with E-state index >= 15 is 0 Å². The van der Waals surface area contributed by atoms with Crippen molar-refractivity contribution in [1.29, 1.82) is 0 Å². The summed E-state index contributed by atoms with van der Waals surface area (Å²) in [6.07, 6.45) is -3.90. The lowest BCUT2D eigenvalue weighted by molar-refractivity contribution is -0.137. The number of hydrogen-bond acceptors (Lipinski definition) is 4. The van der Waals surface area contributed by atoms with Gasteiger partial charge in [0.05, 0.1) is 16.9 Å². The molecule has 0 aliphatic carbocycles. The van der Waals surface area contributed by atoms with Crippen molar-refractivity contribution in [3.05, 3.63) is 17.7 Å². The summed E-state index contributed by atoms with van der Waals surface area (Å²) < 4.78 is 44.7. The highest BCUT2D eigenvalue weighted by atomic mass is 19.4. The normalized spacial score (nSPS) is 18.1. The van der Waals surface area contributed by atoms with Gasteiger partial charge in [0.2, 0.25) is 5.91 Å². The number of anilines is 2. The third-order valence-electron chi connectivity index (χ3n) is 3.30. The average Bonchev–Trinajstić information content (AvgIpc) is 2.91. The van der Waals surface area contributed by atoms with Crippen LogP contribution >= 0.6 is 0 Å². The second kappa shape index (κ2) is 6.43. The predicted molar refractivity (Wildman–Crippen MR) is 77.2 cm³/mol. The Bertz CT molecular complexity index is 555. The van der Waals surface area contributed by atoms with Gasteiger partial charge in [0, 0.05) is 20.5 Å². The Morgan fingerprint density at radius 2 is 2.05 bits per heavy atom. The summed E-state index contributed by atoms with van der Waals surface area (Å²) in [5, 5.41) is 8.22. The molecule has 1 fully saturated rings. The first kappa shape index (κ1) is 16.4. The standard InChI is InChI=1S/C14H18F3N3O2/c1-8(21)20-12-6-9(14(15,16)17)5-11(18-2)13(12)22-10-3-4-19-7-10/h5-6,10,18-19H,3-4,7H2,1-2H3,(H,20,21). The zero-order valence-corrected chi connectivity index (χ0v) is 12.3. The minimum atomic E-state index is -4.51. The maximum atomic E-state index is 13.0. The largest absolute Gasteiger partial charge is 0.485 e. The van der Waals surface area contributed by atoms with Crippen LogP contribution < -0.4 is 20.7 Å². The SMILES string of the molecule is CNc1cc(C(F)(F)F)cc(NC(C)=O)c1OC1CCNC1. The molecule has 3 N–H and O–H groups in total. The Labute approximate surface area is 126 Å². The van der Waals surface area contributed by atoms with Gasteiger partial charge < -0.3 is 20.7 Å². The zero-order chi connectivity index (χ0) is 16.3. The van der Waals surface area contributed by atoms with E-state index in [1.165, 1.54) is 14.0 Å². The summed E-state index contributed by atoms with van der Waals surface area (Å²) in [4.78, 5) is 11.3. The molecule has 1 amide bonds. The van der Waals surface area contributed by atoms with Crippen molar-refractivity contribution in [1.82, 2.24) is 5.32 Å². The summed E-state index contributed by atoms with van der Waals surface area (Å²) in [6, 6.07) is 1.86. The number of ether oxygens (including phenoxy) is 1. The van der Waals surface area contributed by atoms with Crippen LogP contribution in [-0.2, 0) is 11.0 Å². The third kappa shape index (κ3) is 3.82. The van der Waals surface area contributed by atoms with Crippen LogP contribution in [0, 0.1) is 0 Å². The van der Waals surface area contributed by atoms with E-state index in [0.29, 0.717) is 6.54 Å². The van der Waals surface area contributed by atoms with Crippen molar-refractivity contribution in [2.45, 2.75) is 25.6 Å². The van der Waals surface area contributed by atoms with E-state index in [-0.39, 0.29) is 23.2 Å². The fourth-order valence-electron chi connectivity index (χ4n) is 2.28. The third-order valence-corrected chi connectivity index (χ3v) is 3.30. The van der Waals surface area contributed by atoms with Crippen molar-refractivity contribution >= 4 is 17.3 Å². The van der Waals surface area contributed by atoms with E-state index in [9.17, 15) is 18.0 Å². The molecule has 1 unspecified atom stereocenters. The second-order valence-electron chi connectivity index (χ2n) is 5.06. The molecule has 2 rings (SSSR count). The minimum Gasteiger partial charge on any atom is -0.485 e. The molecule has 0 saturated carbocycles. The number of rotatable bonds is 4. The van der Waals surface area contributed by atoms with E-state index in [4.69, 9.17) is 4.74 Å². The van der Waals surface area contributed by atoms with E-state index in [0.717, 1.165) is 25.1 Å². The molecule has 1 saturated heterocycles. The molecular formula is C14H18F3N3O2. The first-order valence-corrected chi connectivity index (χ1v) is 6.89. The summed E-state index contributed by atoms with van der Waals surface area (Å²) in [7, 11) is 1.51. The van der Waals surface area contributed by atoms with Crippen molar-refractivity contribution in [3.63, 3.8) is 0 Å². The Hall–Kier alpha value is -1.96. The van der Waals surface area contributed by atoms with Gasteiger partial charge in [-0.25, -0.2) is 0 Å². The topological polar surface area (TPSA) is 62.4 Å². The predicted octanol–water partition coefficient (Wildman–Crippen LogP) is 2.45. The highest BCUT2D eigenvalue weighted by Gasteiger charge is 2.33. The van der Waals surface area contributed by atoms with Gasteiger partial charge in [-0.15, -0.1) is 0 Å². The number of halogens is 3. The average molecular weight is 317 g/mol. The van der Waals surface area contributed by atoms with Gasteiger partial charge in [-0.05, 0) is 25.1 Å². The first-order chi connectivity index (χ1) is 10.3. The molecule has 0 aromatic heterocycles. The number of alkyl halides is 3. The molecule has 1 aliphatic rings. The molecule has 122 valence electrons. The Morgan fingerprint density at radius 1 is 1.36 bits per heavy atom. The van der Waals surface area contributed by atoms with Gasteiger partial charge in [-0.3, -0.25) is 4.79 Å². The lowest BCUT2D eigenvalue weighted by Crippen LogP contribution is -2.21. The lowest BCUT2D eigenvalue weighted by Gasteiger charge is -2.21. The summed E-state index contributed by atoms with van der Waals surface area (Å²) in [5.74, 6) is -0.241. The Kier molecular flexibility index (Phi) is 4.80. The van der Waals surface area contributed by atoms with Gasteiger partial charge >= 0.3 is 6.18 Å². The van der Waals surface area contributed by atoms with Crippen LogP contribution in [0.3, 0.4) is 0 Å². The summed E-state index contributed by atoms with van der Waals surface area (Å²) in [6.45, 7) is 2.64. The quantitative estimate of drug-likeness (QED) is 0.798. The molecule has 8 heteroatoms. The number of benzene rings is 1. The van der Waals surface area contributed by atoms with Gasteiger partial charge in [0.25, 0.3) is 0 Å². The number of hydrogen-bond donors (Lipinski definition) is 3. The van der Waals surface area contributed by atoms with Crippen LogP contribution in [0.15, 0.2) is 12.1 Å². The van der Waals surface area contributed by atoms with Gasteiger partial charge in [-0.2, -0.15) is 13.2 Å². The van der Waals surface area contributed by atoms with Crippen LogP contribution in [0.4, 0.5) is 24.5 Å². The van der Waals surface area contributed by atoms with Crippen molar-refractivity contribution in [2.24, 2.45) is 0 Å². The molecule has 22 heavy (non-hydrogen) atoms. The number of carbonyl (C=O) groups is 1. The summed E-state index contributed by atoms with van der Waals surface area (Å²) in [5.41, 5.74) is -0.651. The van der Waals surface area contributed by atoms with Crippen molar-refractivity contribution < 1.29 is 22.7 Å². The second-order valence-corrected chi connectivity index (χ2v) is 5.06. The van der Waals surface area contributed by atoms with E-state index in [1.54, 1.807) is 0 Å².